The van der Waals surface area contributed by atoms with E-state index in [-0.39, 0.29) is 10.6 Å². The molecule has 1 aromatic rings. The highest BCUT2D eigenvalue weighted by Gasteiger charge is 1.99. The highest BCUT2D eigenvalue weighted by Crippen LogP contribution is 2.15. The molecule has 0 aliphatic carbocycles. The molecule has 80 valence electrons. The summed E-state index contributed by atoms with van der Waals surface area (Å²) in [5.74, 6) is 0. The molecule has 2 N–H and O–H groups in total. The number of benzene rings is 1. The molecule has 0 saturated carbocycles. The zero-order valence-electron chi connectivity index (χ0n) is 8.35. The van der Waals surface area contributed by atoms with Crippen LogP contribution in [0.2, 0.25) is 0 Å². The Hall–Kier alpha value is -1.44. The molecule has 0 unspecified atom stereocenters. The number of thiocarbonyl (C=S) groups is 1. The Kier molecular flexibility index (Phi) is 4.90. The van der Waals surface area contributed by atoms with Crippen LogP contribution in [0.1, 0.15) is 5.56 Å². The molecule has 0 aromatic heterocycles. The molecule has 1 aromatic carbocycles. The maximum absolute atomic E-state index is 8.78. The van der Waals surface area contributed by atoms with Crippen molar-refractivity contribution in [3.63, 3.8) is 0 Å². The smallest absolute Gasteiger partial charge is 0.114 e. The zero-order chi connectivity index (χ0) is 12.0. The van der Waals surface area contributed by atoms with E-state index >= 15 is 0 Å². The number of nitriles is 1. The van der Waals surface area contributed by atoms with Crippen molar-refractivity contribution in [3.05, 3.63) is 52.0 Å². The molecule has 0 heterocycles. The molecule has 0 radical (unpaired) electrons. The van der Waals surface area contributed by atoms with Crippen LogP contribution in [0.5, 0.6) is 0 Å². The number of allylic oxidation sites excluding steroid dienone is 2. The minimum absolute atomic E-state index is 0.0981. The Morgan fingerprint density at radius 1 is 1.38 bits per heavy atom. The molecule has 0 bridgehead atoms. The monoisotopic (exact) mass is 292 g/mol. The van der Waals surface area contributed by atoms with Gasteiger partial charge in [-0.3, -0.25) is 0 Å². The van der Waals surface area contributed by atoms with E-state index in [0.29, 0.717) is 0 Å². The molecule has 0 aliphatic heterocycles. The number of hydrogen-bond donors (Lipinski definition) is 1. The Labute approximate surface area is 108 Å². The van der Waals surface area contributed by atoms with Crippen LogP contribution in [0.25, 0.3) is 6.08 Å². The molecule has 1 rings (SSSR count). The topological polar surface area (TPSA) is 49.8 Å². The van der Waals surface area contributed by atoms with Gasteiger partial charge >= 0.3 is 0 Å². The summed E-state index contributed by atoms with van der Waals surface area (Å²) in [6, 6.07) is 11.7. The predicted octanol–water partition coefficient (Wildman–Crippen LogP) is 3.16. The van der Waals surface area contributed by atoms with E-state index in [1.54, 1.807) is 6.08 Å². The highest BCUT2D eigenvalue weighted by atomic mass is 79.9. The summed E-state index contributed by atoms with van der Waals surface area (Å²) < 4.78 is 0.753. The van der Waals surface area contributed by atoms with Crippen molar-refractivity contribution in [2.45, 2.75) is 0 Å². The van der Waals surface area contributed by atoms with Gasteiger partial charge in [-0.1, -0.05) is 58.5 Å². The number of nitrogens with zero attached hydrogens (tertiary/aromatic N) is 1. The first-order chi connectivity index (χ1) is 7.63. The Balaban J connectivity index is 2.96. The van der Waals surface area contributed by atoms with E-state index in [4.69, 9.17) is 23.2 Å². The molecule has 4 heteroatoms. The second-order valence-electron chi connectivity index (χ2n) is 2.97. The van der Waals surface area contributed by atoms with Gasteiger partial charge in [0.2, 0.25) is 0 Å². The van der Waals surface area contributed by atoms with Gasteiger partial charge in [0.25, 0.3) is 0 Å². The van der Waals surface area contributed by atoms with E-state index in [2.05, 4.69) is 15.9 Å². The summed E-state index contributed by atoms with van der Waals surface area (Å²) >= 11 is 8.08. The maximum atomic E-state index is 8.78. The predicted molar refractivity (Wildman–Crippen MR) is 73.8 cm³/mol. The van der Waals surface area contributed by atoms with E-state index in [1.807, 2.05) is 42.5 Å². The number of halogens is 1. The summed E-state index contributed by atoms with van der Waals surface area (Å²) in [7, 11) is 0. The zero-order valence-corrected chi connectivity index (χ0v) is 10.8. The second kappa shape index (κ2) is 6.21. The van der Waals surface area contributed by atoms with Gasteiger partial charge in [0.1, 0.15) is 11.1 Å². The van der Waals surface area contributed by atoms with Gasteiger partial charge in [-0.15, -0.1) is 0 Å². The molecule has 0 amide bonds. The fraction of sp³-hybridized carbons (Fsp3) is 0. The fourth-order valence-corrected chi connectivity index (χ4v) is 1.64. The van der Waals surface area contributed by atoms with Crippen LogP contribution in [-0.2, 0) is 0 Å². The van der Waals surface area contributed by atoms with Crippen molar-refractivity contribution < 1.29 is 0 Å². The quantitative estimate of drug-likeness (QED) is 0.403. The van der Waals surface area contributed by atoms with Crippen molar-refractivity contribution in [2.24, 2.45) is 5.73 Å². The lowest BCUT2D eigenvalue weighted by Crippen LogP contribution is -2.09. The van der Waals surface area contributed by atoms with Gasteiger partial charge in [-0.25, -0.2) is 0 Å². The van der Waals surface area contributed by atoms with Crippen molar-refractivity contribution >= 4 is 39.2 Å². The number of hydrogen-bond acceptors (Lipinski definition) is 2. The third kappa shape index (κ3) is 3.97. The normalized spacial score (nSPS) is 12.0. The molecule has 16 heavy (non-hydrogen) atoms. The van der Waals surface area contributed by atoms with Crippen molar-refractivity contribution in [2.75, 3.05) is 0 Å². The van der Waals surface area contributed by atoms with E-state index < -0.39 is 0 Å². The van der Waals surface area contributed by atoms with Crippen LogP contribution >= 0.6 is 28.1 Å². The first-order valence-electron chi connectivity index (χ1n) is 4.47. The summed E-state index contributed by atoms with van der Waals surface area (Å²) in [4.78, 5) is 0.0981. The third-order valence-electron chi connectivity index (χ3n) is 1.77. The van der Waals surface area contributed by atoms with Crippen molar-refractivity contribution in [3.8, 4) is 6.07 Å². The molecular formula is C12H9BrN2S. The summed E-state index contributed by atoms with van der Waals surface area (Å²) in [6.45, 7) is 0. The van der Waals surface area contributed by atoms with Gasteiger partial charge in [-0.05, 0) is 17.7 Å². The van der Waals surface area contributed by atoms with Crippen molar-refractivity contribution in [1.29, 1.82) is 5.26 Å². The van der Waals surface area contributed by atoms with Crippen LogP contribution in [-0.4, -0.2) is 4.99 Å². The van der Waals surface area contributed by atoms with Gasteiger partial charge in [0, 0.05) is 4.48 Å². The largest absolute Gasteiger partial charge is 0.389 e. The summed E-state index contributed by atoms with van der Waals surface area (Å²) in [6.07, 6.45) is 3.49. The fourth-order valence-electron chi connectivity index (χ4n) is 1.05. The minimum Gasteiger partial charge on any atom is -0.389 e. The van der Waals surface area contributed by atoms with Crippen molar-refractivity contribution in [1.82, 2.24) is 0 Å². The van der Waals surface area contributed by atoms with E-state index in [0.717, 1.165) is 10.0 Å². The lowest BCUT2D eigenvalue weighted by atomic mass is 10.2. The molecule has 0 spiro atoms. The minimum atomic E-state index is 0.0981. The Morgan fingerprint density at radius 3 is 2.50 bits per heavy atom. The average molecular weight is 293 g/mol. The third-order valence-corrected chi connectivity index (χ3v) is 2.45. The lowest BCUT2D eigenvalue weighted by Gasteiger charge is -1.95. The molecule has 0 fully saturated rings. The van der Waals surface area contributed by atoms with Crippen LogP contribution in [0, 0.1) is 11.3 Å². The highest BCUT2D eigenvalue weighted by molar-refractivity contribution is 9.12. The van der Waals surface area contributed by atoms with Gasteiger partial charge < -0.3 is 5.73 Å². The maximum Gasteiger partial charge on any atom is 0.114 e. The summed E-state index contributed by atoms with van der Waals surface area (Å²) in [5, 5.41) is 8.78. The van der Waals surface area contributed by atoms with E-state index in [9.17, 15) is 0 Å². The van der Waals surface area contributed by atoms with Gasteiger partial charge in [-0.2, -0.15) is 5.26 Å². The van der Waals surface area contributed by atoms with Crippen LogP contribution in [0.4, 0.5) is 0 Å². The summed E-state index contributed by atoms with van der Waals surface area (Å²) in [5.41, 5.74) is 6.70. The molecule has 0 saturated heterocycles. The van der Waals surface area contributed by atoms with Gasteiger partial charge in [0.05, 0.1) is 5.57 Å². The first kappa shape index (κ1) is 12.6. The van der Waals surface area contributed by atoms with Crippen LogP contribution in [0.15, 0.2) is 46.5 Å². The van der Waals surface area contributed by atoms with Gasteiger partial charge in [0.15, 0.2) is 0 Å². The molecule has 0 atom stereocenters. The second-order valence-corrected chi connectivity index (χ2v) is 4.33. The van der Waals surface area contributed by atoms with Crippen LogP contribution in [0.3, 0.4) is 0 Å². The standard InChI is InChI=1S/C12H9BrN2S/c13-11(7-10(8-14)12(15)16)6-9-4-2-1-3-5-9/h1-7H,(H2,15,16)/b10-7-,11-6-. The number of rotatable bonds is 3. The molecular weight excluding hydrogens is 284 g/mol. The lowest BCUT2D eigenvalue weighted by molar-refractivity contribution is 1.51. The van der Waals surface area contributed by atoms with E-state index in [1.165, 1.54) is 0 Å². The average Bonchev–Trinajstić information content (AvgIpc) is 2.27. The first-order valence-corrected chi connectivity index (χ1v) is 5.67. The molecule has 2 nitrogen and oxygen atoms in total. The number of nitrogens with two attached hydrogens (primary N) is 1. The van der Waals surface area contributed by atoms with Crippen LogP contribution < -0.4 is 5.73 Å². The Morgan fingerprint density at radius 2 is 2.00 bits per heavy atom. The Bertz CT molecular complexity index is 483. The SMILES string of the molecule is N#C/C(=C/C(Br)=C/c1ccccc1)C(N)=S. The molecule has 0 aliphatic rings.